The summed E-state index contributed by atoms with van der Waals surface area (Å²) in [5.74, 6) is -0.494. The zero-order valence-electron chi connectivity index (χ0n) is 20.1. The minimum Gasteiger partial charge on any atom is -0.453 e. The highest BCUT2D eigenvalue weighted by Gasteiger charge is 2.23. The van der Waals surface area contributed by atoms with Crippen molar-refractivity contribution in [2.24, 2.45) is 0 Å². The van der Waals surface area contributed by atoms with Gasteiger partial charge in [-0.05, 0) is 42.8 Å². The van der Waals surface area contributed by atoms with Gasteiger partial charge < -0.3 is 9.15 Å². The Hall–Kier alpha value is -3.61. The molecule has 5 aromatic rings. The van der Waals surface area contributed by atoms with Crippen molar-refractivity contribution in [1.29, 1.82) is 5.26 Å². The van der Waals surface area contributed by atoms with Gasteiger partial charge in [-0.15, -0.1) is 10.2 Å². The summed E-state index contributed by atoms with van der Waals surface area (Å²) in [5, 5.41) is 23.0. The number of ether oxygens (including phenoxy) is 1. The lowest BCUT2D eigenvalue weighted by Crippen LogP contribution is -2.02. The van der Waals surface area contributed by atoms with Crippen molar-refractivity contribution in [2.75, 3.05) is 0 Å². The molecule has 7 nitrogen and oxygen atoms in total. The van der Waals surface area contributed by atoms with Gasteiger partial charge in [0.1, 0.15) is 10.9 Å². The van der Waals surface area contributed by atoms with Gasteiger partial charge in [0.15, 0.2) is 11.6 Å². The van der Waals surface area contributed by atoms with E-state index < -0.39 is 5.82 Å². The Morgan fingerprint density at radius 1 is 1.00 bits per heavy atom. The van der Waals surface area contributed by atoms with Crippen LogP contribution in [-0.2, 0) is 13.0 Å². The SMILES string of the molecule is Cc1nn(Cc2ccccc2Cl)c(Cl)c1-c1nnc(Cc2ccc(Cl)c(Oc3cc(Cl)cc(C#N)c3)c2F)o1. The van der Waals surface area contributed by atoms with Gasteiger partial charge in [-0.2, -0.15) is 10.4 Å². The Morgan fingerprint density at radius 2 is 1.79 bits per heavy atom. The molecule has 0 amide bonds. The Labute approximate surface area is 242 Å². The van der Waals surface area contributed by atoms with Gasteiger partial charge in [0.25, 0.3) is 5.89 Å². The first-order chi connectivity index (χ1) is 18.7. The number of hydrogen-bond acceptors (Lipinski definition) is 6. The second kappa shape index (κ2) is 11.2. The third-order valence-corrected chi connectivity index (χ3v) is 6.98. The van der Waals surface area contributed by atoms with Crippen LogP contribution in [0.1, 0.15) is 28.3 Å². The van der Waals surface area contributed by atoms with E-state index in [4.69, 9.17) is 60.8 Å². The minimum absolute atomic E-state index is 0.0364. The van der Waals surface area contributed by atoms with Crippen molar-refractivity contribution in [1.82, 2.24) is 20.0 Å². The highest BCUT2D eigenvalue weighted by atomic mass is 35.5. The molecule has 39 heavy (non-hydrogen) atoms. The summed E-state index contributed by atoms with van der Waals surface area (Å²) in [4.78, 5) is 0. The summed E-state index contributed by atoms with van der Waals surface area (Å²) in [6.07, 6.45) is -0.0459. The summed E-state index contributed by atoms with van der Waals surface area (Å²) in [6.45, 7) is 2.12. The van der Waals surface area contributed by atoms with Gasteiger partial charge in [-0.25, -0.2) is 9.07 Å². The quantitative estimate of drug-likeness (QED) is 0.186. The van der Waals surface area contributed by atoms with Crippen molar-refractivity contribution in [2.45, 2.75) is 19.9 Å². The molecule has 0 N–H and O–H groups in total. The monoisotopic (exact) mass is 601 g/mol. The van der Waals surface area contributed by atoms with E-state index in [1.807, 2.05) is 24.3 Å². The molecule has 196 valence electrons. The van der Waals surface area contributed by atoms with Crippen molar-refractivity contribution in [3.8, 4) is 29.0 Å². The van der Waals surface area contributed by atoms with E-state index in [-0.39, 0.29) is 50.9 Å². The zero-order valence-corrected chi connectivity index (χ0v) is 23.1. The molecule has 2 heterocycles. The molecule has 0 unspecified atom stereocenters. The first-order valence-corrected chi connectivity index (χ1v) is 12.9. The van der Waals surface area contributed by atoms with E-state index in [0.717, 1.165) is 5.56 Å². The van der Waals surface area contributed by atoms with Gasteiger partial charge in [-0.1, -0.05) is 70.7 Å². The molecule has 0 aliphatic rings. The zero-order chi connectivity index (χ0) is 27.7. The van der Waals surface area contributed by atoms with Crippen molar-refractivity contribution in [3.05, 3.63) is 109 Å². The summed E-state index contributed by atoms with van der Waals surface area (Å²) < 4.78 is 28.5. The van der Waals surface area contributed by atoms with Crippen LogP contribution in [0, 0.1) is 24.1 Å². The standard InChI is InChI=1S/C27H16Cl4FN5O2/c1-14-23(26(31)37(36-14)13-17-4-2-3-5-20(17)29)27-35-34-22(39-27)10-16-6-7-21(30)25(24(16)32)38-19-9-15(12-33)8-18(28)11-19/h2-9,11H,10,13H2,1H3. The van der Waals surface area contributed by atoms with Gasteiger partial charge in [0.2, 0.25) is 5.89 Å². The number of aryl methyl sites for hydroxylation is 1. The van der Waals surface area contributed by atoms with E-state index in [9.17, 15) is 0 Å². The highest BCUT2D eigenvalue weighted by molar-refractivity contribution is 6.33. The predicted molar refractivity (Wildman–Crippen MR) is 146 cm³/mol. The highest BCUT2D eigenvalue weighted by Crippen LogP contribution is 2.36. The van der Waals surface area contributed by atoms with Gasteiger partial charge in [0.05, 0.1) is 40.9 Å². The normalized spacial score (nSPS) is 11.0. The van der Waals surface area contributed by atoms with Crippen molar-refractivity contribution >= 4 is 46.4 Å². The lowest BCUT2D eigenvalue weighted by Gasteiger charge is -2.11. The van der Waals surface area contributed by atoms with Crippen LogP contribution in [-0.4, -0.2) is 20.0 Å². The number of benzene rings is 3. The number of aromatic nitrogens is 4. The van der Waals surface area contributed by atoms with Crippen LogP contribution in [0.3, 0.4) is 0 Å². The maximum Gasteiger partial charge on any atom is 0.252 e. The Bertz CT molecular complexity index is 1750. The number of rotatable bonds is 7. The van der Waals surface area contributed by atoms with Crippen LogP contribution >= 0.6 is 46.4 Å². The molecule has 0 spiro atoms. The van der Waals surface area contributed by atoms with Crippen LogP contribution in [0.15, 0.2) is 59.0 Å². The predicted octanol–water partition coefficient (Wildman–Crippen LogP) is 8.30. The molecule has 5 rings (SSSR count). The second-order valence-electron chi connectivity index (χ2n) is 8.42. The largest absolute Gasteiger partial charge is 0.453 e. The van der Waals surface area contributed by atoms with E-state index >= 15 is 4.39 Å². The van der Waals surface area contributed by atoms with Gasteiger partial charge in [-0.3, -0.25) is 0 Å². The average Bonchev–Trinajstić information content (AvgIpc) is 3.47. The van der Waals surface area contributed by atoms with E-state index in [1.165, 1.54) is 30.3 Å². The van der Waals surface area contributed by atoms with Crippen LogP contribution in [0.2, 0.25) is 20.2 Å². The minimum atomic E-state index is -0.720. The molecular weight excluding hydrogens is 587 g/mol. The average molecular weight is 603 g/mol. The molecule has 0 aliphatic carbocycles. The fourth-order valence-corrected chi connectivity index (χ4v) is 4.81. The third kappa shape index (κ3) is 5.72. The van der Waals surface area contributed by atoms with Crippen molar-refractivity contribution < 1.29 is 13.5 Å². The molecule has 0 saturated carbocycles. The summed E-state index contributed by atoms with van der Waals surface area (Å²) in [7, 11) is 0. The van der Waals surface area contributed by atoms with Crippen molar-refractivity contribution in [3.63, 3.8) is 0 Å². The molecule has 12 heteroatoms. The van der Waals surface area contributed by atoms with Crippen LogP contribution < -0.4 is 4.74 Å². The fraction of sp³-hybridized carbons (Fsp3) is 0.111. The molecule has 0 bridgehead atoms. The van der Waals surface area contributed by atoms with E-state index in [1.54, 1.807) is 17.7 Å². The molecule has 0 aliphatic heterocycles. The summed E-state index contributed by atoms with van der Waals surface area (Å²) in [6, 6.07) is 16.7. The number of halogens is 5. The number of hydrogen-bond donors (Lipinski definition) is 0. The fourth-order valence-electron chi connectivity index (χ4n) is 3.89. The number of nitrogens with zero attached hydrogens (tertiary/aromatic N) is 5. The topological polar surface area (TPSA) is 89.8 Å². The Kier molecular flexibility index (Phi) is 7.78. The van der Waals surface area contributed by atoms with E-state index in [0.29, 0.717) is 28.0 Å². The second-order valence-corrected chi connectivity index (χ2v) is 10.0. The van der Waals surface area contributed by atoms with Crippen LogP contribution in [0.4, 0.5) is 4.39 Å². The number of nitriles is 1. The first-order valence-electron chi connectivity index (χ1n) is 11.4. The first kappa shape index (κ1) is 27.0. The molecule has 0 saturated heterocycles. The van der Waals surface area contributed by atoms with Crippen LogP contribution in [0.5, 0.6) is 11.5 Å². The molecular formula is C27H16Cl4FN5O2. The van der Waals surface area contributed by atoms with E-state index in [2.05, 4.69) is 15.3 Å². The summed E-state index contributed by atoms with van der Waals surface area (Å²) in [5.41, 5.74) is 2.35. The summed E-state index contributed by atoms with van der Waals surface area (Å²) >= 11 is 25.1. The smallest absolute Gasteiger partial charge is 0.252 e. The lowest BCUT2D eigenvalue weighted by atomic mass is 10.1. The molecule has 2 aromatic heterocycles. The lowest BCUT2D eigenvalue weighted by molar-refractivity contribution is 0.437. The van der Waals surface area contributed by atoms with Crippen LogP contribution in [0.25, 0.3) is 11.5 Å². The van der Waals surface area contributed by atoms with Gasteiger partial charge >= 0.3 is 0 Å². The molecule has 3 aromatic carbocycles. The Morgan fingerprint density at radius 3 is 2.56 bits per heavy atom. The maximum absolute atomic E-state index is 15.4. The molecule has 0 fully saturated rings. The van der Waals surface area contributed by atoms with Gasteiger partial charge in [0, 0.05) is 15.6 Å². The third-order valence-electron chi connectivity index (χ3n) is 5.72. The molecule has 0 radical (unpaired) electrons. The molecule has 0 atom stereocenters. The maximum atomic E-state index is 15.4. The Balaban J connectivity index is 1.40.